The molecule has 0 atom stereocenters. The van der Waals surface area contributed by atoms with Crippen LogP contribution in [0.5, 0.6) is 0 Å². The fourth-order valence-electron chi connectivity index (χ4n) is 1.38. The van der Waals surface area contributed by atoms with Gasteiger partial charge in [-0.3, -0.25) is 0 Å². The second-order valence-electron chi connectivity index (χ2n) is 3.12. The summed E-state index contributed by atoms with van der Waals surface area (Å²) in [7, 11) is 1.91. The Hall–Kier alpha value is -1.20. The lowest BCUT2D eigenvalue weighted by Crippen LogP contribution is -2.10. The first-order valence-corrected chi connectivity index (χ1v) is 5.39. The SMILES string of the molecule is CNCc1cccnc1-n1cc(Br)cn1. The van der Waals surface area contributed by atoms with Gasteiger partial charge in [-0.05, 0) is 29.0 Å². The first-order valence-electron chi connectivity index (χ1n) is 4.60. The van der Waals surface area contributed by atoms with Crippen molar-refractivity contribution in [2.75, 3.05) is 7.05 Å². The van der Waals surface area contributed by atoms with E-state index in [2.05, 4.69) is 31.3 Å². The van der Waals surface area contributed by atoms with Gasteiger partial charge in [0, 0.05) is 24.5 Å². The number of nitrogens with one attached hydrogen (secondary N) is 1. The number of aromatic nitrogens is 3. The monoisotopic (exact) mass is 266 g/mol. The Morgan fingerprint density at radius 1 is 1.53 bits per heavy atom. The van der Waals surface area contributed by atoms with Crippen LogP contribution in [0.15, 0.2) is 35.2 Å². The van der Waals surface area contributed by atoms with E-state index in [0.717, 1.165) is 22.4 Å². The van der Waals surface area contributed by atoms with Crippen molar-refractivity contribution in [1.29, 1.82) is 0 Å². The van der Waals surface area contributed by atoms with Crippen molar-refractivity contribution >= 4 is 15.9 Å². The Balaban J connectivity index is 2.42. The smallest absolute Gasteiger partial charge is 0.157 e. The highest BCUT2D eigenvalue weighted by Crippen LogP contribution is 2.14. The van der Waals surface area contributed by atoms with E-state index < -0.39 is 0 Å². The lowest BCUT2D eigenvalue weighted by atomic mass is 10.2. The van der Waals surface area contributed by atoms with Gasteiger partial charge in [-0.1, -0.05) is 6.07 Å². The summed E-state index contributed by atoms with van der Waals surface area (Å²) in [6, 6.07) is 3.96. The second-order valence-corrected chi connectivity index (χ2v) is 4.04. The average Bonchev–Trinajstić information content (AvgIpc) is 2.66. The van der Waals surface area contributed by atoms with E-state index in [9.17, 15) is 0 Å². The summed E-state index contributed by atoms with van der Waals surface area (Å²) in [6.45, 7) is 0.778. The summed E-state index contributed by atoms with van der Waals surface area (Å²) in [5, 5.41) is 7.32. The van der Waals surface area contributed by atoms with Crippen LogP contribution in [-0.2, 0) is 6.54 Å². The largest absolute Gasteiger partial charge is 0.316 e. The van der Waals surface area contributed by atoms with Crippen LogP contribution in [0.2, 0.25) is 0 Å². The Kier molecular flexibility index (Phi) is 3.13. The molecule has 0 saturated carbocycles. The molecule has 4 nitrogen and oxygen atoms in total. The predicted molar refractivity (Wildman–Crippen MR) is 61.8 cm³/mol. The first-order chi connectivity index (χ1) is 7.31. The maximum Gasteiger partial charge on any atom is 0.157 e. The lowest BCUT2D eigenvalue weighted by molar-refractivity contribution is 0.771. The summed E-state index contributed by atoms with van der Waals surface area (Å²) < 4.78 is 2.71. The van der Waals surface area contributed by atoms with Crippen LogP contribution in [0.3, 0.4) is 0 Å². The zero-order valence-electron chi connectivity index (χ0n) is 8.31. The fraction of sp³-hybridized carbons (Fsp3) is 0.200. The standard InChI is InChI=1S/C10H11BrN4/c1-12-5-8-3-2-4-13-10(8)15-7-9(11)6-14-15/h2-4,6-7,12H,5H2,1H3. The molecule has 0 spiro atoms. The highest BCUT2D eigenvalue weighted by Gasteiger charge is 2.05. The fourth-order valence-corrected chi connectivity index (χ4v) is 1.67. The molecule has 0 bridgehead atoms. The van der Waals surface area contributed by atoms with Gasteiger partial charge in [-0.15, -0.1) is 0 Å². The molecular formula is C10H11BrN4. The molecule has 0 fully saturated rings. The molecule has 15 heavy (non-hydrogen) atoms. The van der Waals surface area contributed by atoms with Crippen LogP contribution in [0.25, 0.3) is 5.82 Å². The van der Waals surface area contributed by atoms with Gasteiger partial charge in [0.05, 0.1) is 10.7 Å². The Bertz CT molecular complexity index is 452. The summed E-state index contributed by atoms with van der Waals surface area (Å²) in [4.78, 5) is 4.32. The minimum atomic E-state index is 0.778. The van der Waals surface area contributed by atoms with Crippen LogP contribution in [0, 0.1) is 0 Å². The molecule has 2 aromatic heterocycles. The van der Waals surface area contributed by atoms with Crippen LogP contribution in [0.1, 0.15) is 5.56 Å². The quantitative estimate of drug-likeness (QED) is 0.921. The van der Waals surface area contributed by atoms with Gasteiger partial charge in [0.15, 0.2) is 5.82 Å². The van der Waals surface area contributed by atoms with E-state index in [4.69, 9.17) is 0 Å². The second kappa shape index (κ2) is 4.55. The third-order valence-electron chi connectivity index (χ3n) is 2.00. The molecule has 0 radical (unpaired) electrons. The van der Waals surface area contributed by atoms with Gasteiger partial charge < -0.3 is 5.32 Å². The lowest BCUT2D eigenvalue weighted by Gasteiger charge is -2.06. The van der Waals surface area contributed by atoms with Gasteiger partial charge in [0.1, 0.15) is 0 Å². The Morgan fingerprint density at radius 2 is 2.40 bits per heavy atom. The molecule has 0 amide bonds. The normalized spacial score (nSPS) is 10.5. The van der Waals surface area contributed by atoms with E-state index in [-0.39, 0.29) is 0 Å². The van der Waals surface area contributed by atoms with Crippen LogP contribution in [0.4, 0.5) is 0 Å². The zero-order valence-corrected chi connectivity index (χ0v) is 9.90. The molecule has 0 saturated heterocycles. The number of pyridine rings is 1. The number of nitrogens with zero attached hydrogens (tertiary/aromatic N) is 3. The van der Waals surface area contributed by atoms with Gasteiger partial charge >= 0.3 is 0 Å². The molecule has 0 aliphatic heterocycles. The van der Waals surface area contributed by atoms with Crippen molar-refractivity contribution in [1.82, 2.24) is 20.1 Å². The first kappa shape index (κ1) is 10.3. The van der Waals surface area contributed by atoms with Crippen molar-refractivity contribution in [2.45, 2.75) is 6.54 Å². The van der Waals surface area contributed by atoms with Crippen LogP contribution < -0.4 is 5.32 Å². The molecule has 1 N–H and O–H groups in total. The highest BCUT2D eigenvalue weighted by atomic mass is 79.9. The van der Waals surface area contributed by atoms with E-state index in [1.54, 1.807) is 17.1 Å². The molecule has 5 heteroatoms. The van der Waals surface area contributed by atoms with Crippen LogP contribution >= 0.6 is 15.9 Å². The third-order valence-corrected chi connectivity index (χ3v) is 2.41. The maximum absolute atomic E-state index is 4.32. The van der Waals surface area contributed by atoms with Gasteiger partial charge in [0.25, 0.3) is 0 Å². The molecule has 2 rings (SSSR count). The molecule has 0 aliphatic rings. The number of hydrogen-bond donors (Lipinski definition) is 1. The van der Waals surface area contributed by atoms with Crippen molar-refractivity contribution in [3.05, 3.63) is 40.8 Å². The summed E-state index contributed by atoms with van der Waals surface area (Å²) >= 11 is 3.37. The molecule has 0 aromatic carbocycles. The molecular weight excluding hydrogens is 256 g/mol. The molecule has 0 aliphatic carbocycles. The minimum absolute atomic E-state index is 0.778. The maximum atomic E-state index is 4.32. The van der Waals surface area contributed by atoms with Gasteiger partial charge in [0.2, 0.25) is 0 Å². The van der Waals surface area contributed by atoms with E-state index in [1.807, 2.05) is 25.4 Å². The summed E-state index contributed by atoms with van der Waals surface area (Å²) in [5.74, 6) is 0.859. The number of rotatable bonds is 3. The zero-order chi connectivity index (χ0) is 10.7. The van der Waals surface area contributed by atoms with Crippen molar-refractivity contribution in [3.63, 3.8) is 0 Å². The van der Waals surface area contributed by atoms with E-state index in [0.29, 0.717) is 0 Å². The van der Waals surface area contributed by atoms with Crippen molar-refractivity contribution in [2.24, 2.45) is 0 Å². The Morgan fingerprint density at radius 3 is 3.07 bits per heavy atom. The molecule has 0 unspecified atom stereocenters. The van der Waals surface area contributed by atoms with E-state index >= 15 is 0 Å². The Labute approximate surface area is 96.5 Å². The molecule has 2 heterocycles. The van der Waals surface area contributed by atoms with E-state index in [1.165, 1.54) is 0 Å². The van der Waals surface area contributed by atoms with Crippen LogP contribution in [-0.4, -0.2) is 21.8 Å². The molecule has 78 valence electrons. The number of halogens is 1. The number of hydrogen-bond acceptors (Lipinski definition) is 3. The summed E-state index contributed by atoms with van der Waals surface area (Å²) in [6.07, 6.45) is 5.41. The third kappa shape index (κ3) is 2.24. The predicted octanol–water partition coefficient (Wildman–Crippen LogP) is 1.75. The van der Waals surface area contributed by atoms with Gasteiger partial charge in [-0.25, -0.2) is 9.67 Å². The van der Waals surface area contributed by atoms with Crippen molar-refractivity contribution in [3.8, 4) is 5.82 Å². The topological polar surface area (TPSA) is 42.7 Å². The average molecular weight is 267 g/mol. The minimum Gasteiger partial charge on any atom is -0.316 e. The van der Waals surface area contributed by atoms with Crippen molar-refractivity contribution < 1.29 is 0 Å². The van der Waals surface area contributed by atoms with Gasteiger partial charge in [-0.2, -0.15) is 5.10 Å². The molecule has 2 aromatic rings. The summed E-state index contributed by atoms with van der Waals surface area (Å²) in [5.41, 5.74) is 1.12. The highest BCUT2D eigenvalue weighted by molar-refractivity contribution is 9.10.